The summed E-state index contributed by atoms with van der Waals surface area (Å²) in [6.45, 7) is 4.74. The van der Waals surface area contributed by atoms with E-state index in [2.05, 4.69) is 44.8 Å². The summed E-state index contributed by atoms with van der Waals surface area (Å²) in [6, 6.07) is 0.803. The van der Waals surface area contributed by atoms with Crippen molar-refractivity contribution in [3.8, 4) is 0 Å². The molecule has 1 N–H and O–H groups in total. The number of nitrogens with zero attached hydrogens (tertiary/aromatic N) is 3. The lowest BCUT2D eigenvalue weighted by Crippen LogP contribution is -2.38. The number of hydrogen-bond donors (Lipinski definition) is 1. The molecule has 2 unspecified atom stereocenters. The molecule has 122 valence electrons. The molecule has 4 nitrogen and oxygen atoms in total. The van der Waals surface area contributed by atoms with Crippen molar-refractivity contribution in [2.45, 2.75) is 38.3 Å². The van der Waals surface area contributed by atoms with E-state index < -0.39 is 0 Å². The van der Waals surface area contributed by atoms with Crippen LogP contribution in [0, 0.1) is 11.3 Å². The Labute approximate surface area is 138 Å². The van der Waals surface area contributed by atoms with Crippen molar-refractivity contribution in [2.24, 2.45) is 18.4 Å². The highest BCUT2D eigenvalue weighted by atomic mass is 32.2. The van der Waals surface area contributed by atoms with Crippen molar-refractivity contribution in [1.82, 2.24) is 19.8 Å². The highest BCUT2D eigenvalue weighted by Crippen LogP contribution is 2.56. The van der Waals surface area contributed by atoms with Crippen LogP contribution >= 0.6 is 11.8 Å². The number of imidazole rings is 1. The summed E-state index contributed by atoms with van der Waals surface area (Å²) >= 11 is 2.14. The van der Waals surface area contributed by atoms with Gasteiger partial charge in [0, 0.05) is 32.0 Å². The summed E-state index contributed by atoms with van der Waals surface area (Å²) in [4.78, 5) is 7.36. The number of thioether (sulfide) groups is 1. The van der Waals surface area contributed by atoms with Gasteiger partial charge in [0.25, 0.3) is 0 Å². The fraction of sp³-hybridized carbons (Fsp3) is 0.824. The Morgan fingerprint density at radius 3 is 3.00 bits per heavy atom. The van der Waals surface area contributed by atoms with E-state index >= 15 is 0 Å². The van der Waals surface area contributed by atoms with Crippen molar-refractivity contribution in [3.63, 3.8) is 0 Å². The molecule has 2 aliphatic heterocycles. The molecule has 2 atom stereocenters. The van der Waals surface area contributed by atoms with Crippen LogP contribution in [-0.2, 0) is 13.6 Å². The summed E-state index contributed by atoms with van der Waals surface area (Å²) in [5.74, 6) is 4.84. The number of rotatable bonds is 5. The molecule has 1 saturated carbocycles. The first-order chi connectivity index (χ1) is 10.8. The summed E-state index contributed by atoms with van der Waals surface area (Å²) in [6.07, 6.45) is 9.57. The Morgan fingerprint density at radius 1 is 1.45 bits per heavy atom. The number of piperidine rings is 1. The lowest BCUT2D eigenvalue weighted by Gasteiger charge is -2.31. The zero-order valence-electron chi connectivity index (χ0n) is 13.6. The predicted octanol–water partition coefficient (Wildman–Crippen LogP) is 2.12. The van der Waals surface area contributed by atoms with Crippen molar-refractivity contribution >= 4 is 11.8 Å². The summed E-state index contributed by atoms with van der Waals surface area (Å²) in [5.41, 5.74) is 0.627. The maximum absolute atomic E-state index is 4.58. The summed E-state index contributed by atoms with van der Waals surface area (Å²) in [5, 5.41) is 3.53. The van der Waals surface area contributed by atoms with Gasteiger partial charge >= 0.3 is 0 Å². The van der Waals surface area contributed by atoms with E-state index in [1.807, 2.05) is 6.20 Å². The average Bonchev–Trinajstić information content (AvgIpc) is 2.90. The quantitative estimate of drug-likeness (QED) is 0.901. The molecule has 1 aromatic rings. The minimum atomic E-state index is 0.627. The molecule has 5 heteroatoms. The van der Waals surface area contributed by atoms with Crippen molar-refractivity contribution in [2.75, 3.05) is 31.1 Å². The Balaban J connectivity index is 1.46. The fourth-order valence-electron chi connectivity index (χ4n) is 4.40. The second-order valence-electron chi connectivity index (χ2n) is 7.45. The topological polar surface area (TPSA) is 33.1 Å². The molecular weight excluding hydrogens is 292 g/mol. The minimum absolute atomic E-state index is 0.627. The zero-order valence-corrected chi connectivity index (χ0v) is 14.4. The first-order valence-corrected chi connectivity index (χ1v) is 9.91. The van der Waals surface area contributed by atoms with E-state index in [-0.39, 0.29) is 0 Å². The van der Waals surface area contributed by atoms with Crippen LogP contribution in [0.3, 0.4) is 0 Å². The molecule has 3 aliphatic rings. The molecule has 4 rings (SSSR count). The largest absolute Gasteiger partial charge is 0.337 e. The van der Waals surface area contributed by atoms with Crippen LogP contribution < -0.4 is 5.32 Å². The van der Waals surface area contributed by atoms with Crippen LogP contribution in [0.15, 0.2) is 12.4 Å². The molecule has 3 heterocycles. The SMILES string of the molecule is Cn1ccnc1CN(CC1CCSC1)C1CC12CCNCC2. The van der Waals surface area contributed by atoms with Gasteiger partial charge in [-0.3, -0.25) is 4.90 Å². The highest BCUT2D eigenvalue weighted by Gasteiger charge is 2.56. The van der Waals surface area contributed by atoms with Crippen LogP contribution in [0.4, 0.5) is 0 Å². The second kappa shape index (κ2) is 6.17. The molecular formula is C17H28N4S. The van der Waals surface area contributed by atoms with Gasteiger partial charge in [0.2, 0.25) is 0 Å². The van der Waals surface area contributed by atoms with E-state index in [1.54, 1.807) is 0 Å². The first-order valence-electron chi connectivity index (χ1n) is 8.76. The molecule has 0 amide bonds. The monoisotopic (exact) mass is 320 g/mol. The van der Waals surface area contributed by atoms with Gasteiger partial charge in [-0.05, 0) is 61.6 Å². The Hall–Kier alpha value is -0.520. The van der Waals surface area contributed by atoms with Crippen LogP contribution in [0.5, 0.6) is 0 Å². The Bertz CT molecular complexity index is 503. The predicted molar refractivity (Wildman–Crippen MR) is 92.0 cm³/mol. The van der Waals surface area contributed by atoms with Gasteiger partial charge in [-0.1, -0.05) is 0 Å². The summed E-state index contributed by atoms with van der Waals surface area (Å²) in [7, 11) is 2.12. The maximum atomic E-state index is 4.58. The van der Waals surface area contributed by atoms with Crippen molar-refractivity contribution in [3.05, 3.63) is 18.2 Å². The van der Waals surface area contributed by atoms with Crippen molar-refractivity contribution < 1.29 is 0 Å². The number of nitrogens with one attached hydrogen (secondary N) is 1. The standard InChI is InChI=1S/C17H28N4S/c1-20-8-7-19-16(20)12-21(11-14-2-9-22-13-14)15-10-17(15)3-5-18-6-4-17/h7-8,14-15,18H,2-6,9-13H2,1H3. The number of aromatic nitrogens is 2. The molecule has 22 heavy (non-hydrogen) atoms. The second-order valence-corrected chi connectivity index (χ2v) is 8.60. The Kier molecular flexibility index (Phi) is 4.22. The molecule has 1 aliphatic carbocycles. The van der Waals surface area contributed by atoms with Gasteiger partial charge in [0.15, 0.2) is 0 Å². The van der Waals surface area contributed by atoms with Crippen LogP contribution in [0.1, 0.15) is 31.5 Å². The normalized spacial score (nSPS) is 30.3. The van der Waals surface area contributed by atoms with E-state index in [0.717, 1.165) is 18.5 Å². The van der Waals surface area contributed by atoms with Gasteiger partial charge < -0.3 is 9.88 Å². The smallest absolute Gasteiger partial charge is 0.122 e. The molecule has 0 bridgehead atoms. The highest BCUT2D eigenvalue weighted by molar-refractivity contribution is 7.99. The third-order valence-corrected chi connectivity index (χ3v) is 7.20. The third-order valence-electron chi connectivity index (χ3n) is 5.97. The van der Waals surface area contributed by atoms with Crippen LogP contribution in [-0.4, -0.2) is 51.6 Å². The minimum Gasteiger partial charge on any atom is -0.337 e. The zero-order chi connectivity index (χ0) is 15.0. The van der Waals surface area contributed by atoms with Gasteiger partial charge in [0.1, 0.15) is 5.82 Å². The molecule has 1 aromatic heterocycles. The van der Waals surface area contributed by atoms with E-state index in [1.165, 1.54) is 62.6 Å². The molecule has 0 radical (unpaired) electrons. The van der Waals surface area contributed by atoms with Crippen LogP contribution in [0.25, 0.3) is 0 Å². The average molecular weight is 321 g/mol. The van der Waals surface area contributed by atoms with Gasteiger partial charge in [0.05, 0.1) is 6.54 Å². The lowest BCUT2D eigenvalue weighted by atomic mass is 9.93. The lowest BCUT2D eigenvalue weighted by molar-refractivity contribution is 0.170. The molecule has 1 spiro atoms. The number of aryl methyl sites for hydroxylation is 1. The molecule has 0 aromatic carbocycles. The van der Waals surface area contributed by atoms with Crippen molar-refractivity contribution in [1.29, 1.82) is 0 Å². The van der Waals surface area contributed by atoms with Gasteiger partial charge in [-0.25, -0.2) is 4.98 Å². The fourth-order valence-corrected chi connectivity index (χ4v) is 5.67. The van der Waals surface area contributed by atoms with E-state index in [4.69, 9.17) is 0 Å². The Morgan fingerprint density at radius 2 is 2.32 bits per heavy atom. The first kappa shape index (κ1) is 15.0. The molecule has 3 fully saturated rings. The number of hydrogen-bond acceptors (Lipinski definition) is 4. The third kappa shape index (κ3) is 2.95. The maximum Gasteiger partial charge on any atom is 0.122 e. The van der Waals surface area contributed by atoms with Gasteiger partial charge in [-0.15, -0.1) is 0 Å². The summed E-state index contributed by atoms with van der Waals surface area (Å²) < 4.78 is 2.19. The van der Waals surface area contributed by atoms with Crippen LogP contribution in [0.2, 0.25) is 0 Å². The van der Waals surface area contributed by atoms with E-state index in [9.17, 15) is 0 Å². The van der Waals surface area contributed by atoms with Gasteiger partial charge in [-0.2, -0.15) is 11.8 Å². The molecule has 2 saturated heterocycles. The van der Waals surface area contributed by atoms with E-state index in [0.29, 0.717) is 5.41 Å².